The summed E-state index contributed by atoms with van der Waals surface area (Å²) in [5, 5.41) is 9.57. The summed E-state index contributed by atoms with van der Waals surface area (Å²) >= 11 is 0. The van der Waals surface area contributed by atoms with Crippen LogP contribution >= 0.6 is 0 Å². The third-order valence-electron chi connectivity index (χ3n) is 11.3. The third-order valence-corrected chi connectivity index (χ3v) is 11.3. The highest BCUT2D eigenvalue weighted by Crippen LogP contribution is 2.43. The minimum Gasteiger partial charge on any atom is -0.455 e. The van der Waals surface area contributed by atoms with Gasteiger partial charge in [-0.25, -0.2) is 0 Å². The molecular weight excluding hydrogens is 679 g/mol. The summed E-state index contributed by atoms with van der Waals surface area (Å²) in [5.41, 5.74) is 12.2. The van der Waals surface area contributed by atoms with Crippen LogP contribution in [0.5, 0.6) is 0 Å². The van der Waals surface area contributed by atoms with Crippen molar-refractivity contribution in [2.24, 2.45) is 0 Å². The summed E-state index contributed by atoms with van der Waals surface area (Å²) < 4.78 is 6.58. The van der Waals surface area contributed by atoms with Crippen molar-refractivity contribution in [3.05, 3.63) is 212 Å². The van der Waals surface area contributed by atoms with Gasteiger partial charge in [-0.1, -0.05) is 164 Å². The van der Waals surface area contributed by atoms with Crippen LogP contribution in [0, 0.1) is 0 Å². The van der Waals surface area contributed by atoms with E-state index in [2.05, 4.69) is 217 Å². The second-order valence-corrected chi connectivity index (χ2v) is 14.5. The summed E-state index contributed by atoms with van der Waals surface area (Å²) in [6, 6.07) is 76.4. The Morgan fingerprint density at radius 1 is 0.304 bits per heavy atom. The molecule has 0 fully saturated rings. The first-order chi connectivity index (χ1) is 27.8. The molecule has 11 aromatic rings. The molecule has 0 aliphatic rings. The van der Waals surface area contributed by atoms with Crippen LogP contribution in [-0.2, 0) is 0 Å². The van der Waals surface area contributed by atoms with Gasteiger partial charge in [0.05, 0.1) is 0 Å². The zero-order chi connectivity index (χ0) is 37.0. The van der Waals surface area contributed by atoms with E-state index in [1.807, 2.05) is 0 Å². The van der Waals surface area contributed by atoms with E-state index in [9.17, 15) is 0 Å². The molecule has 56 heavy (non-hydrogen) atoms. The molecule has 1 heterocycles. The maximum atomic E-state index is 6.58. The van der Waals surface area contributed by atoms with Gasteiger partial charge in [-0.3, -0.25) is 0 Å². The fourth-order valence-electron chi connectivity index (χ4n) is 8.59. The molecule has 0 radical (unpaired) electrons. The predicted molar refractivity (Wildman–Crippen MR) is 237 cm³/mol. The van der Waals surface area contributed by atoms with Crippen molar-refractivity contribution in [2.45, 2.75) is 0 Å². The fourth-order valence-corrected chi connectivity index (χ4v) is 8.59. The van der Waals surface area contributed by atoms with Crippen LogP contribution < -0.4 is 4.90 Å². The van der Waals surface area contributed by atoms with Crippen molar-refractivity contribution < 1.29 is 4.42 Å². The Hall–Kier alpha value is -7.42. The zero-order valence-corrected chi connectivity index (χ0v) is 30.6. The van der Waals surface area contributed by atoms with Crippen molar-refractivity contribution in [1.82, 2.24) is 0 Å². The van der Waals surface area contributed by atoms with Crippen LogP contribution in [0.1, 0.15) is 0 Å². The van der Waals surface area contributed by atoms with Crippen LogP contribution in [0.15, 0.2) is 217 Å². The topological polar surface area (TPSA) is 16.4 Å². The monoisotopic (exact) mass is 713 g/mol. The van der Waals surface area contributed by atoms with Gasteiger partial charge in [0.15, 0.2) is 0 Å². The largest absolute Gasteiger partial charge is 0.455 e. The Morgan fingerprint density at radius 3 is 1.43 bits per heavy atom. The van der Waals surface area contributed by atoms with Gasteiger partial charge in [-0.15, -0.1) is 0 Å². The Bertz CT molecular complexity index is 3110. The van der Waals surface area contributed by atoms with Crippen LogP contribution in [0.25, 0.3) is 87.6 Å². The SMILES string of the molecule is c1cc(-c2cccc3oc4c5ccccc5ccc4c23)cc(N(c2ccc(-c3cccc4ccccc34)cc2)c2ccc(-c3cccc4ccccc34)cc2)c1. The van der Waals surface area contributed by atoms with Crippen LogP contribution in [0.2, 0.25) is 0 Å². The summed E-state index contributed by atoms with van der Waals surface area (Å²) in [5.74, 6) is 0. The van der Waals surface area contributed by atoms with Gasteiger partial charge in [0, 0.05) is 33.2 Å². The minimum absolute atomic E-state index is 0.893. The Balaban J connectivity index is 1.05. The van der Waals surface area contributed by atoms with E-state index in [1.165, 1.54) is 49.2 Å². The van der Waals surface area contributed by atoms with Gasteiger partial charge in [0.2, 0.25) is 0 Å². The smallest absolute Gasteiger partial charge is 0.143 e. The normalized spacial score (nSPS) is 11.6. The second kappa shape index (κ2) is 13.2. The summed E-state index contributed by atoms with van der Waals surface area (Å²) in [7, 11) is 0. The van der Waals surface area contributed by atoms with E-state index in [-0.39, 0.29) is 0 Å². The molecule has 0 atom stereocenters. The summed E-state index contributed by atoms with van der Waals surface area (Å²) in [4.78, 5) is 2.37. The molecule has 1 aromatic heterocycles. The first kappa shape index (κ1) is 32.0. The van der Waals surface area contributed by atoms with Gasteiger partial charge >= 0.3 is 0 Å². The Kier molecular flexibility index (Phi) is 7.53. The van der Waals surface area contributed by atoms with Crippen LogP contribution in [0.3, 0.4) is 0 Å². The number of nitrogens with zero attached hydrogens (tertiary/aromatic N) is 1. The minimum atomic E-state index is 0.893. The average Bonchev–Trinajstić information content (AvgIpc) is 3.67. The number of anilines is 3. The van der Waals surface area contributed by atoms with Gasteiger partial charge in [-0.2, -0.15) is 0 Å². The van der Waals surface area contributed by atoms with E-state index in [0.717, 1.165) is 55.5 Å². The van der Waals surface area contributed by atoms with E-state index in [0.29, 0.717) is 0 Å². The van der Waals surface area contributed by atoms with Crippen molar-refractivity contribution in [1.29, 1.82) is 0 Å². The molecule has 0 aliphatic heterocycles. The molecule has 0 bridgehead atoms. The molecule has 0 N–H and O–H groups in total. The molecule has 262 valence electrons. The molecule has 2 heteroatoms. The number of hydrogen-bond donors (Lipinski definition) is 0. The number of fused-ring (bicyclic) bond motifs is 7. The van der Waals surface area contributed by atoms with Crippen molar-refractivity contribution in [3.63, 3.8) is 0 Å². The van der Waals surface area contributed by atoms with Crippen molar-refractivity contribution in [2.75, 3.05) is 4.90 Å². The van der Waals surface area contributed by atoms with Crippen molar-refractivity contribution in [3.8, 4) is 33.4 Å². The first-order valence-corrected chi connectivity index (χ1v) is 19.2. The van der Waals surface area contributed by atoms with E-state index in [1.54, 1.807) is 0 Å². The molecule has 0 amide bonds. The maximum Gasteiger partial charge on any atom is 0.143 e. The highest BCUT2D eigenvalue weighted by molar-refractivity contribution is 6.19. The van der Waals surface area contributed by atoms with Gasteiger partial charge in [0.1, 0.15) is 11.2 Å². The van der Waals surface area contributed by atoms with Gasteiger partial charge < -0.3 is 9.32 Å². The second-order valence-electron chi connectivity index (χ2n) is 14.5. The number of rotatable bonds is 6. The van der Waals surface area contributed by atoms with Crippen molar-refractivity contribution >= 4 is 71.3 Å². The fraction of sp³-hybridized carbons (Fsp3) is 0. The molecule has 0 spiro atoms. The molecule has 10 aromatic carbocycles. The average molecular weight is 714 g/mol. The van der Waals surface area contributed by atoms with Gasteiger partial charge in [-0.05, 0) is 109 Å². The standard InChI is InChI=1S/C54H35NO/c1-4-18-45-36(11-1)14-8-21-47(45)39-25-30-42(31-26-39)55(43-32-27-40(28-33-43)48-22-9-15-37-12-2-5-19-46(37)48)44-17-7-16-41(35-44)49-23-10-24-52-53(49)51-34-29-38-13-3-6-20-50(38)54(51)56-52/h1-35H. The van der Waals surface area contributed by atoms with Crippen LogP contribution in [0.4, 0.5) is 17.1 Å². The Labute approximate surface area is 325 Å². The molecular formula is C54H35NO. The van der Waals surface area contributed by atoms with Gasteiger partial charge in [0.25, 0.3) is 0 Å². The number of hydrogen-bond acceptors (Lipinski definition) is 2. The highest BCUT2D eigenvalue weighted by atomic mass is 16.3. The molecule has 0 aliphatic carbocycles. The van der Waals surface area contributed by atoms with E-state index < -0.39 is 0 Å². The summed E-state index contributed by atoms with van der Waals surface area (Å²) in [6.45, 7) is 0. The molecule has 11 rings (SSSR count). The van der Waals surface area contributed by atoms with E-state index in [4.69, 9.17) is 4.42 Å². The number of furan rings is 1. The quantitative estimate of drug-likeness (QED) is 0.171. The lowest BCUT2D eigenvalue weighted by atomic mass is 9.96. The van der Waals surface area contributed by atoms with E-state index >= 15 is 0 Å². The molecule has 2 nitrogen and oxygen atoms in total. The third kappa shape index (κ3) is 5.34. The molecule has 0 saturated heterocycles. The predicted octanol–water partition coefficient (Wildman–Crippen LogP) is 15.5. The zero-order valence-electron chi connectivity index (χ0n) is 30.6. The lowest BCUT2D eigenvalue weighted by Crippen LogP contribution is -2.10. The lowest BCUT2D eigenvalue weighted by Gasteiger charge is -2.26. The first-order valence-electron chi connectivity index (χ1n) is 19.2. The molecule has 0 saturated carbocycles. The van der Waals surface area contributed by atoms with Crippen LogP contribution in [-0.4, -0.2) is 0 Å². The maximum absolute atomic E-state index is 6.58. The molecule has 0 unspecified atom stereocenters. The summed E-state index contributed by atoms with van der Waals surface area (Å²) in [6.07, 6.45) is 0. The lowest BCUT2D eigenvalue weighted by molar-refractivity contribution is 0.673. The highest BCUT2D eigenvalue weighted by Gasteiger charge is 2.18. The Morgan fingerprint density at radius 2 is 0.804 bits per heavy atom. The number of benzene rings is 10.